The Bertz CT molecular complexity index is 1110. The second kappa shape index (κ2) is 8.81. The molecule has 0 aliphatic carbocycles. The molecule has 0 atom stereocenters. The number of nitrogens with one attached hydrogen (secondary N) is 2. The van der Waals surface area contributed by atoms with Crippen LogP contribution in [0, 0.1) is 5.82 Å². The third kappa shape index (κ3) is 5.32. The van der Waals surface area contributed by atoms with Crippen molar-refractivity contribution in [1.29, 1.82) is 0 Å². The van der Waals surface area contributed by atoms with Gasteiger partial charge in [0.1, 0.15) is 5.82 Å². The fourth-order valence-corrected chi connectivity index (χ4v) is 3.00. The van der Waals surface area contributed by atoms with E-state index in [1.54, 1.807) is 32.0 Å². The van der Waals surface area contributed by atoms with Crippen LogP contribution in [0.5, 0.6) is 0 Å². The number of halogens is 4. The Morgan fingerprint density at radius 2 is 1.72 bits per heavy atom. The lowest BCUT2D eigenvalue weighted by molar-refractivity contribution is -0.138. The summed E-state index contributed by atoms with van der Waals surface area (Å²) in [5.41, 5.74) is -1.45. The van der Waals surface area contributed by atoms with E-state index in [0.29, 0.717) is 5.56 Å². The summed E-state index contributed by atoms with van der Waals surface area (Å²) in [6.07, 6.45) is -1.88. The molecule has 3 aromatic rings. The van der Waals surface area contributed by atoms with Gasteiger partial charge in [0.2, 0.25) is 0 Å². The Morgan fingerprint density at radius 1 is 1.03 bits per heavy atom. The molecule has 6 nitrogen and oxygen atoms in total. The first-order valence-electron chi connectivity index (χ1n) is 9.54. The molecule has 0 spiro atoms. The number of nitrogens with zero attached hydrogens (tertiary/aromatic N) is 2. The molecule has 3 rings (SSSR count). The van der Waals surface area contributed by atoms with Crippen LogP contribution < -0.4 is 10.6 Å². The number of carbonyl (C=O) groups is 2. The van der Waals surface area contributed by atoms with Crippen molar-refractivity contribution in [2.75, 3.05) is 11.9 Å². The van der Waals surface area contributed by atoms with E-state index >= 15 is 0 Å². The van der Waals surface area contributed by atoms with Crippen LogP contribution in [0.3, 0.4) is 0 Å². The monoisotopic (exact) mass is 448 g/mol. The lowest BCUT2D eigenvalue weighted by Crippen LogP contribution is -2.42. The van der Waals surface area contributed by atoms with Crippen molar-refractivity contribution >= 4 is 17.5 Å². The number of benzene rings is 2. The normalized spacial score (nSPS) is 11.8. The van der Waals surface area contributed by atoms with Crippen molar-refractivity contribution in [2.45, 2.75) is 25.4 Å². The van der Waals surface area contributed by atoms with Crippen LogP contribution in [0.1, 0.15) is 25.0 Å². The molecule has 168 valence electrons. The molecule has 1 heterocycles. The maximum atomic E-state index is 13.5. The molecule has 32 heavy (non-hydrogen) atoms. The second-order valence-corrected chi connectivity index (χ2v) is 7.71. The smallest absolute Gasteiger partial charge is 0.347 e. The van der Waals surface area contributed by atoms with E-state index in [0.717, 1.165) is 12.1 Å². The van der Waals surface area contributed by atoms with Gasteiger partial charge in [-0.25, -0.2) is 9.07 Å². The minimum absolute atomic E-state index is 0.00918. The fourth-order valence-electron chi connectivity index (χ4n) is 3.00. The molecule has 2 N–H and O–H groups in total. The van der Waals surface area contributed by atoms with Crippen molar-refractivity contribution in [3.63, 3.8) is 0 Å². The highest BCUT2D eigenvalue weighted by Gasteiger charge is 2.35. The standard InChI is InChI=1S/C22H20F4N4O2/c1-21(2,14-4-6-15(23)7-5-14)13-27-19(31)20(32)29-18-9-8-16(30-11-3-10-28-30)12-17(18)22(24,25)26/h3-12H,13H2,1-2H3,(H,27,31)(H,29,32). The number of alkyl halides is 3. The maximum absolute atomic E-state index is 13.5. The number of hydrogen-bond acceptors (Lipinski definition) is 3. The molecule has 1 aromatic heterocycles. The summed E-state index contributed by atoms with van der Waals surface area (Å²) in [7, 11) is 0. The zero-order valence-electron chi connectivity index (χ0n) is 17.2. The number of anilines is 1. The summed E-state index contributed by atoms with van der Waals surface area (Å²) in [5.74, 6) is -2.74. The van der Waals surface area contributed by atoms with E-state index in [2.05, 4.69) is 10.4 Å². The third-order valence-electron chi connectivity index (χ3n) is 4.85. The van der Waals surface area contributed by atoms with Gasteiger partial charge in [0.05, 0.1) is 16.9 Å². The number of hydrogen-bond donors (Lipinski definition) is 2. The van der Waals surface area contributed by atoms with Crippen LogP contribution in [0.15, 0.2) is 60.9 Å². The summed E-state index contributed by atoms with van der Waals surface area (Å²) in [4.78, 5) is 24.5. The van der Waals surface area contributed by atoms with Crippen molar-refractivity contribution in [3.8, 4) is 5.69 Å². The lowest BCUT2D eigenvalue weighted by atomic mass is 9.84. The quantitative estimate of drug-likeness (QED) is 0.457. The van der Waals surface area contributed by atoms with Crippen molar-refractivity contribution in [2.24, 2.45) is 0 Å². The molecule has 0 bridgehead atoms. The number of rotatable bonds is 5. The second-order valence-electron chi connectivity index (χ2n) is 7.71. The molecule has 0 saturated carbocycles. The lowest BCUT2D eigenvalue weighted by Gasteiger charge is -2.25. The van der Waals surface area contributed by atoms with Crippen LogP contribution in [-0.4, -0.2) is 28.1 Å². The van der Waals surface area contributed by atoms with E-state index in [4.69, 9.17) is 0 Å². The van der Waals surface area contributed by atoms with Gasteiger partial charge in [-0.3, -0.25) is 9.59 Å². The minimum Gasteiger partial charge on any atom is -0.347 e. The van der Waals surface area contributed by atoms with E-state index in [1.807, 2.05) is 5.32 Å². The van der Waals surface area contributed by atoms with Gasteiger partial charge in [0.25, 0.3) is 0 Å². The number of aromatic nitrogens is 2. The Kier molecular flexibility index (Phi) is 6.33. The van der Waals surface area contributed by atoms with Crippen LogP contribution >= 0.6 is 0 Å². The summed E-state index contributed by atoms with van der Waals surface area (Å²) in [6.45, 7) is 3.55. The largest absolute Gasteiger partial charge is 0.418 e. The Labute approximate surface area is 181 Å². The fraction of sp³-hybridized carbons (Fsp3) is 0.227. The molecule has 0 aliphatic rings. The summed E-state index contributed by atoms with van der Waals surface area (Å²) in [6, 6.07) is 10.4. The van der Waals surface area contributed by atoms with Gasteiger partial charge in [-0.05, 0) is 42.0 Å². The van der Waals surface area contributed by atoms with E-state index < -0.39 is 40.5 Å². The third-order valence-corrected chi connectivity index (χ3v) is 4.85. The van der Waals surface area contributed by atoms with Crippen molar-refractivity contribution in [1.82, 2.24) is 15.1 Å². The van der Waals surface area contributed by atoms with Crippen molar-refractivity contribution in [3.05, 3.63) is 77.9 Å². The zero-order valence-corrected chi connectivity index (χ0v) is 17.2. The molecule has 0 radical (unpaired) electrons. The highest BCUT2D eigenvalue weighted by molar-refractivity contribution is 6.39. The zero-order chi connectivity index (χ0) is 23.5. The molecule has 0 aliphatic heterocycles. The average molecular weight is 448 g/mol. The van der Waals surface area contributed by atoms with Crippen LogP contribution in [0.4, 0.5) is 23.2 Å². The first-order chi connectivity index (χ1) is 15.0. The van der Waals surface area contributed by atoms with E-state index in [9.17, 15) is 27.2 Å². The summed E-state index contributed by atoms with van der Waals surface area (Å²) >= 11 is 0. The predicted octanol–water partition coefficient (Wildman–Crippen LogP) is 4.06. The highest BCUT2D eigenvalue weighted by atomic mass is 19.4. The molecular weight excluding hydrogens is 428 g/mol. The molecule has 2 amide bonds. The molecule has 0 fully saturated rings. The Balaban J connectivity index is 1.72. The SMILES string of the molecule is CC(C)(CNC(=O)C(=O)Nc1ccc(-n2cccn2)cc1C(F)(F)F)c1ccc(F)cc1. The summed E-state index contributed by atoms with van der Waals surface area (Å²) in [5, 5.41) is 8.31. The molecule has 0 unspecified atom stereocenters. The van der Waals surface area contributed by atoms with Crippen LogP contribution in [0.25, 0.3) is 5.69 Å². The number of amides is 2. The Hall–Kier alpha value is -3.69. The van der Waals surface area contributed by atoms with Crippen molar-refractivity contribution < 1.29 is 27.2 Å². The topological polar surface area (TPSA) is 76.0 Å². The molecule has 0 saturated heterocycles. The molecule has 10 heteroatoms. The maximum Gasteiger partial charge on any atom is 0.418 e. The predicted molar refractivity (Wildman–Crippen MR) is 110 cm³/mol. The van der Waals surface area contributed by atoms with E-state index in [-0.39, 0.29) is 12.2 Å². The minimum atomic E-state index is -4.77. The van der Waals surface area contributed by atoms with Gasteiger partial charge in [0, 0.05) is 24.4 Å². The Morgan fingerprint density at radius 3 is 2.31 bits per heavy atom. The van der Waals surface area contributed by atoms with Crippen LogP contribution in [-0.2, 0) is 21.2 Å². The van der Waals surface area contributed by atoms with E-state index in [1.165, 1.54) is 35.3 Å². The van der Waals surface area contributed by atoms with Crippen LogP contribution in [0.2, 0.25) is 0 Å². The first kappa shape index (κ1) is 23.0. The first-order valence-corrected chi connectivity index (χ1v) is 9.54. The van der Waals surface area contributed by atoms with Gasteiger partial charge in [-0.1, -0.05) is 26.0 Å². The van der Waals surface area contributed by atoms with Gasteiger partial charge in [-0.15, -0.1) is 0 Å². The van der Waals surface area contributed by atoms with Gasteiger partial charge >= 0.3 is 18.0 Å². The highest BCUT2D eigenvalue weighted by Crippen LogP contribution is 2.36. The average Bonchev–Trinajstić information content (AvgIpc) is 3.26. The van der Waals surface area contributed by atoms with Gasteiger partial charge in [-0.2, -0.15) is 18.3 Å². The molecular formula is C22H20F4N4O2. The summed E-state index contributed by atoms with van der Waals surface area (Å²) < 4.78 is 55.0. The van der Waals surface area contributed by atoms with Gasteiger partial charge < -0.3 is 10.6 Å². The molecule has 2 aromatic carbocycles. The van der Waals surface area contributed by atoms with Gasteiger partial charge in [0.15, 0.2) is 0 Å². The number of carbonyl (C=O) groups excluding carboxylic acids is 2.